The Morgan fingerprint density at radius 1 is 1.35 bits per heavy atom. The molecule has 140 valence electrons. The van der Waals surface area contributed by atoms with Crippen molar-refractivity contribution >= 4 is 40.6 Å². The van der Waals surface area contributed by atoms with Crippen molar-refractivity contribution in [1.29, 1.82) is 0 Å². The summed E-state index contributed by atoms with van der Waals surface area (Å²) < 4.78 is 5.09. The first kappa shape index (κ1) is 18.9. The molecule has 0 aromatic carbocycles. The lowest BCUT2D eigenvalue weighted by atomic mass is 9.98. The Morgan fingerprint density at radius 3 is 2.85 bits per heavy atom. The normalized spacial score (nSPS) is 24.2. The van der Waals surface area contributed by atoms with Crippen molar-refractivity contribution in [2.75, 3.05) is 18.4 Å². The number of furan rings is 1. The molecule has 1 saturated carbocycles. The van der Waals surface area contributed by atoms with E-state index >= 15 is 0 Å². The summed E-state index contributed by atoms with van der Waals surface area (Å²) in [5, 5.41) is 3.44. The van der Waals surface area contributed by atoms with Gasteiger partial charge in [0.25, 0.3) is 11.8 Å². The molecule has 6 nitrogen and oxygen atoms in total. The molecule has 26 heavy (non-hydrogen) atoms. The highest BCUT2D eigenvalue weighted by Crippen LogP contribution is 2.38. The van der Waals surface area contributed by atoms with Gasteiger partial charge in [0, 0.05) is 19.1 Å². The fraction of sp³-hybridized carbons (Fsp3) is 0.444. The van der Waals surface area contributed by atoms with Crippen LogP contribution in [0.3, 0.4) is 0 Å². The maximum absolute atomic E-state index is 12.9. The number of hydrogen-bond acceptors (Lipinski definition) is 5. The molecule has 4 rings (SSSR count). The Morgan fingerprint density at radius 2 is 2.15 bits per heavy atom. The minimum atomic E-state index is -0.313. The number of thiophene rings is 1. The van der Waals surface area contributed by atoms with Gasteiger partial charge in [-0.1, -0.05) is 0 Å². The van der Waals surface area contributed by atoms with Gasteiger partial charge in [0.1, 0.15) is 0 Å². The first-order valence-electron chi connectivity index (χ1n) is 8.53. The molecule has 3 atom stereocenters. The molecule has 0 spiro atoms. The van der Waals surface area contributed by atoms with Gasteiger partial charge in [0.15, 0.2) is 5.76 Å². The minimum absolute atomic E-state index is 0. The molecule has 3 unspecified atom stereocenters. The predicted molar refractivity (Wildman–Crippen MR) is 103 cm³/mol. The van der Waals surface area contributed by atoms with Crippen LogP contribution in [0, 0.1) is 18.8 Å². The molecule has 1 saturated heterocycles. The van der Waals surface area contributed by atoms with Crippen LogP contribution in [0.1, 0.15) is 38.6 Å². The molecule has 1 aliphatic carbocycles. The van der Waals surface area contributed by atoms with Gasteiger partial charge in [0.2, 0.25) is 0 Å². The van der Waals surface area contributed by atoms with Crippen molar-refractivity contribution < 1.29 is 14.0 Å². The van der Waals surface area contributed by atoms with Crippen LogP contribution in [-0.2, 0) is 0 Å². The van der Waals surface area contributed by atoms with Gasteiger partial charge < -0.3 is 20.4 Å². The summed E-state index contributed by atoms with van der Waals surface area (Å²) in [6.07, 6.45) is 3.64. The number of anilines is 1. The highest BCUT2D eigenvalue weighted by Gasteiger charge is 2.43. The number of nitrogens with zero attached hydrogens (tertiary/aromatic N) is 1. The second-order valence-corrected chi connectivity index (χ2v) is 7.98. The smallest absolute Gasteiger partial charge is 0.291 e. The predicted octanol–water partition coefficient (Wildman–Crippen LogP) is 3.13. The van der Waals surface area contributed by atoms with E-state index in [1.807, 2.05) is 17.9 Å². The second kappa shape index (κ2) is 7.42. The van der Waals surface area contributed by atoms with Crippen molar-refractivity contribution in [3.8, 4) is 0 Å². The molecule has 2 amide bonds. The first-order chi connectivity index (χ1) is 12.0. The lowest BCUT2D eigenvalue weighted by molar-refractivity contribution is 0.0783. The maximum atomic E-state index is 12.9. The summed E-state index contributed by atoms with van der Waals surface area (Å²) >= 11 is 1.31. The van der Waals surface area contributed by atoms with Gasteiger partial charge in [-0.2, -0.15) is 0 Å². The SMILES string of the molecule is Cc1cc(NC(=O)c2ccco2)sc1C(=O)N1CC2CCC(N)C2C1.Cl. The van der Waals surface area contributed by atoms with E-state index in [0.29, 0.717) is 21.7 Å². The number of nitrogens with two attached hydrogens (primary N) is 1. The number of amides is 2. The van der Waals surface area contributed by atoms with Crippen molar-refractivity contribution in [3.63, 3.8) is 0 Å². The van der Waals surface area contributed by atoms with Gasteiger partial charge in [0.05, 0.1) is 16.1 Å². The van der Waals surface area contributed by atoms with E-state index in [1.54, 1.807) is 12.1 Å². The molecule has 8 heteroatoms. The van der Waals surface area contributed by atoms with Crippen LogP contribution in [0.5, 0.6) is 0 Å². The minimum Gasteiger partial charge on any atom is -0.459 e. The number of fused-ring (bicyclic) bond motifs is 1. The number of rotatable bonds is 3. The van der Waals surface area contributed by atoms with Gasteiger partial charge in [-0.05, 0) is 55.4 Å². The third kappa shape index (κ3) is 3.39. The van der Waals surface area contributed by atoms with Crippen LogP contribution in [-0.4, -0.2) is 35.8 Å². The molecular formula is C18H22ClN3O3S. The Kier molecular flexibility index (Phi) is 5.41. The van der Waals surface area contributed by atoms with Crippen LogP contribution in [0.15, 0.2) is 28.9 Å². The fourth-order valence-corrected chi connectivity index (χ4v) is 4.99. The average Bonchev–Trinajstić information content (AvgIpc) is 3.33. The molecule has 2 aliphatic rings. The Hall–Kier alpha value is -1.83. The number of carbonyl (C=O) groups excluding carboxylic acids is 2. The van der Waals surface area contributed by atoms with Crippen molar-refractivity contribution in [2.45, 2.75) is 25.8 Å². The lowest BCUT2D eigenvalue weighted by Crippen LogP contribution is -2.33. The fourth-order valence-electron chi connectivity index (χ4n) is 3.95. The summed E-state index contributed by atoms with van der Waals surface area (Å²) in [4.78, 5) is 27.6. The topological polar surface area (TPSA) is 88.6 Å². The highest BCUT2D eigenvalue weighted by molar-refractivity contribution is 7.18. The standard InChI is InChI=1S/C18H21N3O3S.ClH/c1-10-7-15(20-17(22)14-3-2-6-24-14)25-16(10)18(23)21-8-11-4-5-13(19)12(11)9-21;/h2-3,6-7,11-13H,4-5,8-9,19H2,1H3,(H,20,22);1H. The van der Waals surface area contributed by atoms with E-state index in [-0.39, 0.29) is 36.0 Å². The largest absolute Gasteiger partial charge is 0.459 e. The summed E-state index contributed by atoms with van der Waals surface area (Å²) in [5.41, 5.74) is 7.05. The van der Waals surface area contributed by atoms with Crippen LogP contribution < -0.4 is 11.1 Å². The summed E-state index contributed by atoms with van der Waals surface area (Å²) in [7, 11) is 0. The number of halogens is 1. The number of nitrogens with one attached hydrogen (secondary N) is 1. The van der Waals surface area contributed by atoms with Gasteiger partial charge >= 0.3 is 0 Å². The first-order valence-corrected chi connectivity index (χ1v) is 9.34. The van der Waals surface area contributed by atoms with Gasteiger partial charge in [-0.25, -0.2) is 0 Å². The third-order valence-electron chi connectivity index (χ3n) is 5.29. The number of hydrogen-bond donors (Lipinski definition) is 2. The zero-order valence-electron chi connectivity index (χ0n) is 14.4. The third-order valence-corrected chi connectivity index (χ3v) is 6.43. The Balaban J connectivity index is 0.00000196. The molecule has 0 radical (unpaired) electrons. The van der Waals surface area contributed by atoms with E-state index in [1.165, 1.54) is 17.6 Å². The van der Waals surface area contributed by atoms with E-state index in [2.05, 4.69) is 5.32 Å². The number of likely N-dealkylation sites (tertiary alicyclic amines) is 1. The van der Waals surface area contributed by atoms with Gasteiger partial charge in [-0.3, -0.25) is 9.59 Å². The second-order valence-electron chi connectivity index (χ2n) is 6.93. The monoisotopic (exact) mass is 395 g/mol. The molecule has 3 heterocycles. The van der Waals surface area contributed by atoms with E-state index in [9.17, 15) is 9.59 Å². The van der Waals surface area contributed by atoms with Crippen molar-refractivity contribution in [2.24, 2.45) is 17.6 Å². The number of carbonyl (C=O) groups is 2. The van der Waals surface area contributed by atoms with Gasteiger partial charge in [-0.15, -0.1) is 23.7 Å². The summed E-state index contributed by atoms with van der Waals surface area (Å²) in [6, 6.07) is 5.32. The maximum Gasteiger partial charge on any atom is 0.291 e. The molecule has 1 aliphatic heterocycles. The average molecular weight is 396 g/mol. The zero-order chi connectivity index (χ0) is 17.6. The van der Waals surface area contributed by atoms with Crippen LogP contribution in [0.2, 0.25) is 0 Å². The highest BCUT2D eigenvalue weighted by atomic mass is 35.5. The Labute approximate surface area is 162 Å². The molecule has 2 aromatic rings. The summed E-state index contributed by atoms with van der Waals surface area (Å²) in [6.45, 7) is 3.44. The molecule has 0 bridgehead atoms. The van der Waals surface area contributed by atoms with Crippen molar-refractivity contribution in [1.82, 2.24) is 4.90 Å². The Bertz CT molecular complexity index is 805. The molecule has 2 aromatic heterocycles. The van der Waals surface area contributed by atoms with Crippen LogP contribution in [0.25, 0.3) is 0 Å². The van der Waals surface area contributed by atoms with E-state index in [0.717, 1.165) is 31.5 Å². The summed E-state index contributed by atoms with van der Waals surface area (Å²) in [5.74, 6) is 0.953. The van der Waals surface area contributed by atoms with Crippen molar-refractivity contribution in [3.05, 3.63) is 40.7 Å². The van der Waals surface area contributed by atoms with E-state index < -0.39 is 0 Å². The molecule has 3 N–H and O–H groups in total. The van der Waals surface area contributed by atoms with Crippen LogP contribution in [0.4, 0.5) is 5.00 Å². The van der Waals surface area contributed by atoms with E-state index in [4.69, 9.17) is 10.2 Å². The zero-order valence-corrected chi connectivity index (χ0v) is 16.1. The molecular weight excluding hydrogens is 374 g/mol. The molecule has 2 fully saturated rings. The van der Waals surface area contributed by atoms with Crippen LogP contribution >= 0.6 is 23.7 Å². The lowest BCUT2D eigenvalue weighted by Gasteiger charge is -2.18. The number of aryl methyl sites for hydroxylation is 1. The quantitative estimate of drug-likeness (QED) is 0.835.